The van der Waals surface area contributed by atoms with Crippen LogP contribution in [0.25, 0.3) is 0 Å². The van der Waals surface area contributed by atoms with Crippen molar-refractivity contribution in [1.82, 2.24) is 4.98 Å². The standard InChI is InChI=1S/C38H47NO19/c1-17(40)50-16-37-30(55-21(5)44)26(52-18(2)41)25-28(54-20(4)43)38(37)36(9,49)29(27(53-19(3)42)31(37)56-22(6)45)57-33(47)34(7,48)13-12-24-23(11-10-14-39-24)32(46)51-15-35(25,8)58-38/h10-11,14,25-31,48-49H,12-13,15-16H2,1-9H3/t25-,26-,27+,28-,29+,30-,31+,34?,35+,36+,37-,38+/m1/s1. The molecule has 0 aromatic carbocycles. The lowest BCUT2D eigenvalue weighted by Crippen LogP contribution is -2.89. The molecule has 0 amide bonds. The second kappa shape index (κ2) is 15.5. The van der Waals surface area contributed by atoms with E-state index in [9.17, 15) is 48.6 Å². The summed E-state index contributed by atoms with van der Waals surface area (Å²) in [5, 5.41) is 25.0. The van der Waals surface area contributed by atoms with E-state index in [0.29, 0.717) is 0 Å². The van der Waals surface area contributed by atoms with E-state index in [1.54, 1.807) is 0 Å². The second-order valence-electron chi connectivity index (χ2n) is 15.6. The molecule has 0 radical (unpaired) electrons. The number of pyridine rings is 1. The van der Waals surface area contributed by atoms with Crippen molar-refractivity contribution in [1.29, 1.82) is 0 Å². The van der Waals surface area contributed by atoms with Crippen LogP contribution in [0.1, 0.15) is 84.8 Å². The molecule has 20 heteroatoms. The zero-order valence-corrected chi connectivity index (χ0v) is 33.4. The van der Waals surface area contributed by atoms with E-state index in [1.165, 1.54) is 25.3 Å². The van der Waals surface area contributed by atoms with Gasteiger partial charge in [-0.2, -0.15) is 0 Å². The molecule has 1 aromatic heterocycles. The van der Waals surface area contributed by atoms with Crippen LogP contribution in [0.2, 0.25) is 0 Å². The third-order valence-electron chi connectivity index (χ3n) is 11.2. The zero-order chi connectivity index (χ0) is 43.3. The summed E-state index contributed by atoms with van der Waals surface area (Å²) in [6.07, 6.45) is -11.7. The molecule has 1 aromatic rings. The smallest absolute Gasteiger partial charge is 0.340 e. The highest BCUT2D eigenvalue weighted by molar-refractivity contribution is 5.90. The van der Waals surface area contributed by atoms with Crippen LogP contribution in [0.4, 0.5) is 0 Å². The summed E-state index contributed by atoms with van der Waals surface area (Å²) >= 11 is 0. The van der Waals surface area contributed by atoms with Gasteiger partial charge in [0.2, 0.25) is 0 Å². The summed E-state index contributed by atoms with van der Waals surface area (Å²) in [6.45, 7) is 7.30. The van der Waals surface area contributed by atoms with E-state index in [4.69, 9.17) is 42.6 Å². The van der Waals surface area contributed by atoms with Crippen LogP contribution in [0.5, 0.6) is 0 Å². The van der Waals surface area contributed by atoms with Gasteiger partial charge in [-0.1, -0.05) is 0 Å². The van der Waals surface area contributed by atoms with Crippen LogP contribution in [-0.2, 0) is 82.6 Å². The van der Waals surface area contributed by atoms with Crippen molar-refractivity contribution in [2.45, 2.75) is 134 Å². The molecule has 2 N–H and O–H groups in total. The van der Waals surface area contributed by atoms with Crippen molar-refractivity contribution in [3.05, 3.63) is 29.6 Å². The Morgan fingerprint density at radius 3 is 1.86 bits per heavy atom. The van der Waals surface area contributed by atoms with Gasteiger partial charge in [-0.05, 0) is 45.7 Å². The van der Waals surface area contributed by atoms with Crippen LogP contribution in [0.15, 0.2) is 18.3 Å². The number of ether oxygens (including phenoxy) is 9. The normalized spacial score (nSPS) is 37.9. The van der Waals surface area contributed by atoms with E-state index in [-0.39, 0.29) is 17.7 Å². The first kappa shape index (κ1) is 43.9. The summed E-state index contributed by atoms with van der Waals surface area (Å²) in [5.74, 6) is -10.4. The molecule has 3 heterocycles. The predicted molar refractivity (Wildman–Crippen MR) is 187 cm³/mol. The summed E-state index contributed by atoms with van der Waals surface area (Å²) in [4.78, 5) is 111. The van der Waals surface area contributed by atoms with Gasteiger partial charge in [0.15, 0.2) is 35.6 Å². The fourth-order valence-electron chi connectivity index (χ4n) is 9.15. The molecule has 58 heavy (non-hydrogen) atoms. The summed E-state index contributed by atoms with van der Waals surface area (Å²) in [7, 11) is 0. The molecule has 1 unspecified atom stereocenters. The topological polar surface area (TPSA) is 273 Å². The number of cyclic esters (lactones) is 1. The summed E-state index contributed by atoms with van der Waals surface area (Å²) in [5.41, 5.74) is -12.9. The van der Waals surface area contributed by atoms with Crippen molar-refractivity contribution in [3.63, 3.8) is 0 Å². The van der Waals surface area contributed by atoms with Crippen molar-refractivity contribution in [2.75, 3.05) is 13.2 Å². The van der Waals surface area contributed by atoms with Gasteiger partial charge >= 0.3 is 47.8 Å². The zero-order valence-electron chi connectivity index (χ0n) is 33.4. The fraction of sp³-hybridized carbons (Fsp3) is 0.658. The van der Waals surface area contributed by atoms with Gasteiger partial charge in [-0.3, -0.25) is 33.8 Å². The SMILES string of the molecule is CC(=O)OC[C@]12[C@H](OC(C)=O)[C@H](OC(C)=O)[C@@H]3[C@@H](OC(C)=O)[C@@]14O[C@@]3(C)COC(=O)c1cccnc1CCC(C)(O)C(=O)O[C@@H]([C@H](OC(C)=O)[C@@H]2OC(C)=O)[C@]4(C)O. The minimum Gasteiger partial charge on any atom is -0.465 e. The van der Waals surface area contributed by atoms with Crippen LogP contribution in [-0.4, -0.2) is 135 Å². The Morgan fingerprint density at radius 1 is 0.776 bits per heavy atom. The fourth-order valence-corrected chi connectivity index (χ4v) is 9.15. The molecular weight excluding hydrogens is 774 g/mol. The Kier molecular flexibility index (Phi) is 11.7. The first-order chi connectivity index (χ1) is 26.9. The van der Waals surface area contributed by atoms with Crippen molar-refractivity contribution in [2.24, 2.45) is 11.3 Å². The maximum atomic E-state index is 14.2. The minimum atomic E-state index is -2.93. The number of aliphatic hydroxyl groups is 2. The lowest BCUT2D eigenvalue weighted by atomic mass is 9.45. The van der Waals surface area contributed by atoms with E-state index < -0.39 is 138 Å². The molecule has 5 rings (SSSR count). The van der Waals surface area contributed by atoms with E-state index in [0.717, 1.165) is 55.4 Å². The van der Waals surface area contributed by atoms with Crippen LogP contribution < -0.4 is 0 Å². The number of carbonyl (C=O) groups excluding carboxylic acids is 8. The monoisotopic (exact) mass is 821 g/mol. The maximum Gasteiger partial charge on any atom is 0.340 e. The summed E-state index contributed by atoms with van der Waals surface area (Å²) < 4.78 is 53.8. The van der Waals surface area contributed by atoms with Crippen LogP contribution in [0.3, 0.4) is 0 Å². The molecule has 2 aliphatic heterocycles. The van der Waals surface area contributed by atoms with Gasteiger partial charge in [0, 0.05) is 47.7 Å². The van der Waals surface area contributed by atoms with Crippen molar-refractivity contribution in [3.8, 4) is 0 Å². The van der Waals surface area contributed by atoms with Gasteiger partial charge in [-0.15, -0.1) is 0 Å². The average Bonchev–Trinajstić information content (AvgIpc) is 3.32. The molecule has 12 atom stereocenters. The first-order valence-corrected chi connectivity index (χ1v) is 18.3. The molecule has 1 saturated heterocycles. The highest BCUT2D eigenvalue weighted by atomic mass is 16.7. The lowest BCUT2D eigenvalue weighted by Gasteiger charge is -2.67. The number of aryl methyl sites for hydroxylation is 1. The van der Waals surface area contributed by atoms with Gasteiger partial charge in [-0.25, -0.2) is 9.59 Å². The van der Waals surface area contributed by atoms with E-state index >= 15 is 0 Å². The Hall–Kier alpha value is -5.21. The maximum absolute atomic E-state index is 14.2. The van der Waals surface area contributed by atoms with Gasteiger partial charge in [0.1, 0.15) is 42.0 Å². The number of hydrogen-bond donors (Lipinski definition) is 2. The molecule has 1 spiro atoms. The van der Waals surface area contributed by atoms with Gasteiger partial charge in [0.05, 0.1) is 17.2 Å². The van der Waals surface area contributed by atoms with Crippen molar-refractivity contribution >= 4 is 47.8 Å². The third kappa shape index (κ3) is 7.25. The van der Waals surface area contributed by atoms with Gasteiger partial charge in [0.25, 0.3) is 0 Å². The number of hydrogen-bond acceptors (Lipinski definition) is 20. The number of fused-ring (bicyclic) bond motifs is 5. The minimum absolute atomic E-state index is 0.0880. The van der Waals surface area contributed by atoms with E-state index in [2.05, 4.69) is 4.98 Å². The molecule has 20 nitrogen and oxygen atoms in total. The Balaban J connectivity index is 2.01. The third-order valence-corrected chi connectivity index (χ3v) is 11.2. The highest BCUT2D eigenvalue weighted by Gasteiger charge is 2.92. The highest BCUT2D eigenvalue weighted by Crippen LogP contribution is 2.70. The number of carbonyl (C=O) groups is 8. The Morgan fingerprint density at radius 2 is 1.31 bits per heavy atom. The van der Waals surface area contributed by atoms with E-state index in [1.807, 2.05) is 0 Å². The first-order valence-electron chi connectivity index (χ1n) is 18.3. The Bertz CT molecular complexity index is 1890. The largest absolute Gasteiger partial charge is 0.465 e. The molecule has 318 valence electrons. The Labute approximate surface area is 332 Å². The van der Waals surface area contributed by atoms with Gasteiger partial charge < -0.3 is 52.8 Å². The molecule has 4 aliphatic rings. The van der Waals surface area contributed by atoms with Crippen LogP contribution >= 0.6 is 0 Å². The molecule has 3 fully saturated rings. The molecule has 2 aliphatic carbocycles. The number of esters is 8. The molecule has 4 bridgehead atoms. The number of aromatic nitrogens is 1. The van der Waals surface area contributed by atoms with Crippen LogP contribution in [0, 0.1) is 11.3 Å². The summed E-state index contributed by atoms with van der Waals surface area (Å²) in [6, 6.07) is 2.81. The molecule has 2 saturated carbocycles. The van der Waals surface area contributed by atoms with Crippen molar-refractivity contribution < 1.29 is 91.2 Å². The number of rotatable bonds is 7. The number of nitrogens with zero attached hydrogens (tertiary/aromatic N) is 1. The second-order valence-corrected chi connectivity index (χ2v) is 15.6. The lowest BCUT2D eigenvalue weighted by molar-refractivity contribution is -0.387. The predicted octanol–water partition coefficient (Wildman–Crippen LogP) is -0.0225. The average molecular weight is 822 g/mol. The quantitative estimate of drug-likeness (QED) is 0.270. The molecular formula is C38H47NO19.